The van der Waals surface area contributed by atoms with Crippen molar-refractivity contribution in [2.24, 2.45) is 11.3 Å². The summed E-state index contributed by atoms with van der Waals surface area (Å²) in [6.07, 6.45) is 3.81. The van der Waals surface area contributed by atoms with E-state index in [0.717, 1.165) is 18.4 Å². The number of carbonyl (C=O) groups excluding carboxylic acids is 1. The van der Waals surface area contributed by atoms with Gasteiger partial charge in [-0.1, -0.05) is 13.8 Å². The van der Waals surface area contributed by atoms with E-state index in [1.165, 1.54) is 0 Å². The minimum absolute atomic E-state index is 0.0452. The lowest BCUT2D eigenvalue weighted by Gasteiger charge is -2.45. The summed E-state index contributed by atoms with van der Waals surface area (Å²) < 4.78 is 5.60. The van der Waals surface area contributed by atoms with Gasteiger partial charge in [-0.2, -0.15) is 0 Å². The molecule has 0 aromatic carbocycles. The molecule has 2 atom stereocenters. The quantitative estimate of drug-likeness (QED) is 0.529. The molecule has 15 heavy (non-hydrogen) atoms. The largest absolute Gasteiger partial charge is 0.455 e. The first-order valence-electron chi connectivity index (χ1n) is 5.53. The van der Waals surface area contributed by atoms with E-state index in [-0.39, 0.29) is 17.0 Å². The van der Waals surface area contributed by atoms with Crippen LogP contribution < -0.4 is 5.32 Å². The van der Waals surface area contributed by atoms with E-state index in [1.807, 2.05) is 7.05 Å². The van der Waals surface area contributed by atoms with Crippen molar-refractivity contribution < 1.29 is 9.53 Å². The molecule has 84 valence electrons. The molecule has 3 heteroatoms. The van der Waals surface area contributed by atoms with Crippen molar-refractivity contribution in [1.82, 2.24) is 5.32 Å². The first-order valence-corrected chi connectivity index (χ1v) is 5.53. The van der Waals surface area contributed by atoms with Gasteiger partial charge in [-0.3, -0.25) is 0 Å². The number of carbonyl (C=O) groups is 1. The van der Waals surface area contributed by atoms with Crippen molar-refractivity contribution in [3.63, 3.8) is 0 Å². The van der Waals surface area contributed by atoms with Crippen LogP contribution in [0.1, 0.15) is 33.6 Å². The number of fused-ring (bicyclic) bond motifs is 2. The smallest absolute Gasteiger partial charge is 0.336 e. The molecule has 2 bridgehead atoms. The van der Waals surface area contributed by atoms with Crippen LogP contribution in [0.5, 0.6) is 0 Å². The van der Waals surface area contributed by atoms with Gasteiger partial charge in [0.15, 0.2) is 0 Å². The SMILES string of the molecule is CN/C=C1/C(=O)O[C@]2(C)CC[C@H]1C2(C)C. The summed E-state index contributed by atoms with van der Waals surface area (Å²) in [5.41, 5.74) is 0.571. The van der Waals surface area contributed by atoms with Crippen LogP contribution in [0.15, 0.2) is 11.8 Å². The zero-order valence-corrected chi connectivity index (χ0v) is 9.89. The summed E-state index contributed by atoms with van der Waals surface area (Å²) in [6.45, 7) is 6.45. The zero-order chi connectivity index (χ0) is 11.3. The summed E-state index contributed by atoms with van der Waals surface area (Å²) in [6, 6.07) is 0. The fourth-order valence-corrected chi connectivity index (χ4v) is 2.92. The monoisotopic (exact) mass is 209 g/mol. The summed E-state index contributed by atoms with van der Waals surface area (Å²) in [4.78, 5) is 11.8. The predicted molar refractivity (Wildman–Crippen MR) is 58.1 cm³/mol. The first kappa shape index (κ1) is 10.5. The normalized spacial score (nSPS) is 40.4. The first-order chi connectivity index (χ1) is 6.92. The molecule has 0 spiro atoms. The van der Waals surface area contributed by atoms with Gasteiger partial charge in [-0.25, -0.2) is 4.79 Å². The van der Waals surface area contributed by atoms with Crippen LogP contribution >= 0.6 is 0 Å². The third-order valence-electron chi connectivity index (χ3n) is 4.37. The van der Waals surface area contributed by atoms with Crippen molar-refractivity contribution in [3.8, 4) is 0 Å². The third kappa shape index (κ3) is 1.22. The minimum Gasteiger partial charge on any atom is -0.455 e. The fourth-order valence-electron chi connectivity index (χ4n) is 2.92. The molecule has 3 nitrogen and oxygen atoms in total. The molecule has 0 radical (unpaired) electrons. The molecule has 0 aromatic heterocycles. The Kier molecular flexibility index (Phi) is 2.11. The van der Waals surface area contributed by atoms with E-state index >= 15 is 0 Å². The van der Waals surface area contributed by atoms with E-state index < -0.39 is 0 Å². The lowest BCUT2D eigenvalue weighted by atomic mass is 9.69. The van der Waals surface area contributed by atoms with Crippen LogP contribution in [-0.2, 0) is 9.53 Å². The number of ether oxygens (including phenoxy) is 1. The van der Waals surface area contributed by atoms with Gasteiger partial charge in [0.2, 0.25) is 0 Å². The predicted octanol–water partition coefficient (Wildman–Crippen LogP) is 1.84. The van der Waals surface area contributed by atoms with Gasteiger partial charge in [0.25, 0.3) is 0 Å². The number of rotatable bonds is 1. The molecule has 0 unspecified atom stereocenters. The highest BCUT2D eigenvalue weighted by Crippen LogP contribution is 2.58. The standard InChI is InChI=1S/C12H19NO2/c1-11(2)9-5-6-12(11,3)15-10(14)8(9)7-13-4/h7,9,13H,5-6H2,1-4H3/b8-7+/t9-,12-/m1/s1. The Labute approximate surface area is 90.9 Å². The van der Waals surface area contributed by atoms with E-state index in [4.69, 9.17) is 4.74 Å². The average Bonchev–Trinajstić information content (AvgIpc) is 2.30. The molecule has 2 fully saturated rings. The molecule has 0 amide bonds. The fraction of sp³-hybridized carbons (Fsp3) is 0.750. The van der Waals surface area contributed by atoms with Gasteiger partial charge in [0.1, 0.15) is 5.60 Å². The molecule has 1 saturated heterocycles. The maximum Gasteiger partial charge on any atom is 0.336 e. The second kappa shape index (κ2) is 3.00. The average molecular weight is 209 g/mol. The summed E-state index contributed by atoms with van der Waals surface area (Å²) >= 11 is 0. The number of hydrogen-bond acceptors (Lipinski definition) is 3. The van der Waals surface area contributed by atoms with Crippen molar-refractivity contribution >= 4 is 5.97 Å². The molecule has 1 N–H and O–H groups in total. The van der Waals surface area contributed by atoms with E-state index in [1.54, 1.807) is 6.20 Å². The second-order valence-electron chi connectivity index (χ2n) is 5.32. The van der Waals surface area contributed by atoms with Crippen molar-refractivity contribution in [2.45, 2.75) is 39.2 Å². The van der Waals surface area contributed by atoms with Gasteiger partial charge >= 0.3 is 5.97 Å². The van der Waals surface area contributed by atoms with Crippen LogP contribution in [0.3, 0.4) is 0 Å². The minimum atomic E-state index is -0.278. The van der Waals surface area contributed by atoms with Crippen molar-refractivity contribution in [1.29, 1.82) is 0 Å². The Morgan fingerprint density at radius 3 is 2.73 bits per heavy atom. The Balaban J connectivity index is 2.43. The molecular formula is C12H19NO2. The van der Waals surface area contributed by atoms with Gasteiger partial charge < -0.3 is 10.1 Å². The number of nitrogens with one attached hydrogen (secondary N) is 1. The van der Waals surface area contributed by atoms with E-state index in [9.17, 15) is 4.79 Å². The van der Waals surface area contributed by atoms with Gasteiger partial charge in [0, 0.05) is 24.6 Å². The van der Waals surface area contributed by atoms with Crippen LogP contribution in [0.2, 0.25) is 0 Å². The molecule has 1 heterocycles. The van der Waals surface area contributed by atoms with Crippen molar-refractivity contribution in [2.75, 3.05) is 7.05 Å². The number of esters is 1. The van der Waals surface area contributed by atoms with Gasteiger partial charge in [-0.15, -0.1) is 0 Å². The van der Waals surface area contributed by atoms with E-state index in [0.29, 0.717) is 5.92 Å². The summed E-state index contributed by atoms with van der Waals surface area (Å²) in [5.74, 6) is 0.185. The Morgan fingerprint density at radius 1 is 1.47 bits per heavy atom. The Bertz CT molecular complexity index is 333. The van der Waals surface area contributed by atoms with Crippen LogP contribution in [0, 0.1) is 11.3 Å². The highest BCUT2D eigenvalue weighted by atomic mass is 16.6. The molecule has 0 aromatic rings. The maximum atomic E-state index is 11.8. The molecule has 1 aliphatic heterocycles. The second-order valence-corrected chi connectivity index (χ2v) is 5.32. The van der Waals surface area contributed by atoms with E-state index in [2.05, 4.69) is 26.1 Å². The summed E-state index contributed by atoms with van der Waals surface area (Å²) in [5, 5.41) is 2.94. The Morgan fingerprint density at radius 2 is 2.13 bits per heavy atom. The third-order valence-corrected chi connectivity index (χ3v) is 4.37. The van der Waals surface area contributed by atoms with Crippen molar-refractivity contribution in [3.05, 3.63) is 11.8 Å². The van der Waals surface area contributed by atoms with Crippen LogP contribution in [0.4, 0.5) is 0 Å². The molecular weight excluding hydrogens is 190 g/mol. The lowest BCUT2D eigenvalue weighted by Crippen LogP contribution is -2.49. The molecule has 2 rings (SSSR count). The lowest BCUT2D eigenvalue weighted by molar-refractivity contribution is -0.172. The topological polar surface area (TPSA) is 38.3 Å². The molecule has 1 aliphatic carbocycles. The van der Waals surface area contributed by atoms with Gasteiger partial charge in [-0.05, 0) is 19.8 Å². The maximum absolute atomic E-state index is 11.8. The summed E-state index contributed by atoms with van der Waals surface area (Å²) in [7, 11) is 1.82. The number of hydrogen-bond donors (Lipinski definition) is 1. The highest BCUT2D eigenvalue weighted by molar-refractivity contribution is 5.91. The zero-order valence-electron chi connectivity index (χ0n) is 9.89. The van der Waals surface area contributed by atoms with Crippen LogP contribution in [0.25, 0.3) is 0 Å². The van der Waals surface area contributed by atoms with Gasteiger partial charge in [0.05, 0.1) is 5.57 Å². The van der Waals surface area contributed by atoms with Crippen LogP contribution in [-0.4, -0.2) is 18.6 Å². The molecule has 1 saturated carbocycles. The molecule has 2 aliphatic rings. The Hall–Kier alpha value is -0.990. The highest BCUT2D eigenvalue weighted by Gasteiger charge is 2.60.